The van der Waals surface area contributed by atoms with Gasteiger partial charge >= 0.3 is 0 Å². The van der Waals surface area contributed by atoms with Crippen LogP contribution >= 0.6 is 11.6 Å². The van der Waals surface area contributed by atoms with E-state index in [-0.39, 0.29) is 0 Å². The van der Waals surface area contributed by atoms with Crippen molar-refractivity contribution >= 4 is 11.6 Å². The third-order valence-corrected chi connectivity index (χ3v) is 2.73. The topological polar surface area (TPSA) is 63.8 Å². The Morgan fingerprint density at radius 2 is 2.24 bits per heavy atom. The summed E-state index contributed by atoms with van der Waals surface area (Å²) >= 11 is 5.69. The smallest absolute Gasteiger partial charge is 0.138 e. The van der Waals surface area contributed by atoms with Gasteiger partial charge in [-0.3, -0.25) is 4.68 Å². The Hall–Kier alpha value is -1.46. The summed E-state index contributed by atoms with van der Waals surface area (Å²) in [7, 11) is 0. The lowest BCUT2D eigenvalue weighted by atomic mass is 10.1. The Kier molecular flexibility index (Phi) is 3.71. The Morgan fingerprint density at radius 1 is 1.41 bits per heavy atom. The minimum Gasteiger partial charge on any atom is -0.388 e. The molecule has 1 N–H and O–H groups in total. The number of halogens is 1. The fraction of sp³-hybridized carbons (Fsp3) is 0.364. The molecule has 5 nitrogen and oxygen atoms in total. The van der Waals surface area contributed by atoms with Crippen molar-refractivity contribution in [2.24, 2.45) is 0 Å². The van der Waals surface area contributed by atoms with E-state index in [0.717, 1.165) is 17.9 Å². The van der Waals surface area contributed by atoms with Crippen LogP contribution in [-0.2, 0) is 13.0 Å². The fourth-order valence-corrected chi connectivity index (χ4v) is 1.70. The molecule has 0 aliphatic carbocycles. The van der Waals surface area contributed by atoms with Gasteiger partial charge in [0.05, 0.1) is 6.10 Å². The second-order valence-corrected chi connectivity index (χ2v) is 4.01. The number of hydrogen-bond acceptors (Lipinski definition) is 4. The van der Waals surface area contributed by atoms with Crippen molar-refractivity contribution in [2.45, 2.75) is 26.0 Å². The third kappa shape index (κ3) is 2.81. The van der Waals surface area contributed by atoms with E-state index in [1.54, 1.807) is 23.0 Å². The second-order valence-electron chi connectivity index (χ2n) is 3.63. The summed E-state index contributed by atoms with van der Waals surface area (Å²) in [5.74, 6) is 0.759. The van der Waals surface area contributed by atoms with E-state index in [2.05, 4.69) is 15.1 Å². The highest BCUT2D eigenvalue weighted by Crippen LogP contribution is 2.17. The van der Waals surface area contributed by atoms with Crippen LogP contribution in [-0.4, -0.2) is 24.9 Å². The molecule has 0 radical (unpaired) electrons. The number of aliphatic hydroxyl groups is 1. The van der Waals surface area contributed by atoms with E-state index in [1.807, 2.05) is 6.92 Å². The molecule has 0 spiro atoms. The average Bonchev–Trinajstić information content (AvgIpc) is 2.77. The van der Waals surface area contributed by atoms with E-state index in [4.69, 9.17) is 11.6 Å². The molecule has 0 aliphatic rings. The summed E-state index contributed by atoms with van der Waals surface area (Å²) in [6.45, 7) is 2.72. The highest BCUT2D eigenvalue weighted by molar-refractivity contribution is 6.29. The lowest BCUT2D eigenvalue weighted by molar-refractivity contribution is 0.173. The van der Waals surface area contributed by atoms with Crippen molar-refractivity contribution in [1.29, 1.82) is 0 Å². The van der Waals surface area contributed by atoms with Gasteiger partial charge in [-0.15, -0.1) is 0 Å². The number of hydrogen-bond donors (Lipinski definition) is 1. The van der Waals surface area contributed by atoms with Crippen molar-refractivity contribution in [3.63, 3.8) is 0 Å². The van der Waals surface area contributed by atoms with Crippen LogP contribution in [0.25, 0.3) is 0 Å². The van der Waals surface area contributed by atoms with Crippen LogP contribution in [0.3, 0.4) is 0 Å². The van der Waals surface area contributed by atoms with Gasteiger partial charge in [-0.05, 0) is 18.6 Å². The van der Waals surface area contributed by atoms with Crippen LogP contribution in [0.2, 0.25) is 5.15 Å². The highest BCUT2D eigenvalue weighted by atomic mass is 35.5. The third-order valence-electron chi connectivity index (χ3n) is 2.51. The summed E-state index contributed by atoms with van der Waals surface area (Å²) in [4.78, 5) is 8.05. The Morgan fingerprint density at radius 3 is 2.88 bits per heavy atom. The normalized spacial score (nSPS) is 12.6. The predicted octanol–water partition coefficient (Wildman–Crippen LogP) is 1.62. The molecular weight excluding hydrogens is 240 g/mol. The summed E-state index contributed by atoms with van der Waals surface area (Å²) in [6, 6.07) is 3.41. The molecule has 2 aromatic rings. The molecule has 6 heteroatoms. The van der Waals surface area contributed by atoms with Gasteiger partial charge in [0.25, 0.3) is 0 Å². The lowest BCUT2D eigenvalue weighted by Gasteiger charge is -2.10. The summed E-state index contributed by atoms with van der Waals surface area (Å²) < 4.78 is 1.76. The van der Waals surface area contributed by atoms with Crippen molar-refractivity contribution in [1.82, 2.24) is 19.7 Å². The molecule has 0 amide bonds. The van der Waals surface area contributed by atoms with Crippen LogP contribution in [0.1, 0.15) is 24.4 Å². The first-order valence-electron chi connectivity index (χ1n) is 5.37. The van der Waals surface area contributed by atoms with Crippen LogP contribution in [0, 0.1) is 0 Å². The SMILES string of the molecule is CCn1ncnc1CC(O)c1ccc(Cl)nc1. The average molecular weight is 253 g/mol. The standard InChI is InChI=1S/C11H13ClN4O/c1-2-16-11(14-7-15-16)5-9(17)8-3-4-10(12)13-6-8/h3-4,6-7,9,17H,2,5H2,1H3. The van der Waals surface area contributed by atoms with Crippen LogP contribution < -0.4 is 0 Å². The van der Waals surface area contributed by atoms with Crippen molar-refractivity contribution in [3.05, 3.63) is 41.2 Å². The Bertz CT molecular complexity index is 482. The van der Waals surface area contributed by atoms with E-state index in [0.29, 0.717) is 11.6 Å². The molecule has 0 aromatic carbocycles. The molecule has 0 fully saturated rings. The first kappa shape index (κ1) is 12.0. The molecule has 0 bridgehead atoms. The molecule has 1 unspecified atom stereocenters. The molecule has 0 aliphatic heterocycles. The molecule has 17 heavy (non-hydrogen) atoms. The minimum atomic E-state index is -0.644. The maximum Gasteiger partial charge on any atom is 0.138 e. The quantitative estimate of drug-likeness (QED) is 0.840. The number of rotatable bonds is 4. The van der Waals surface area contributed by atoms with Gasteiger partial charge in [0.15, 0.2) is 0 Å². The summed E-state index contributed by atoms with van der Waals surface area (Å²) in [5.41, 5.74) is 0.722. The highest BCUT2D eigenvalue weighted by Gasteiger charge is 2.12. The van der Waals surface area contributed by atoms with Gasteiger partial charge in [0.2, 0.25) is 0 Å². The predicted molar refractivity (Wildman–Crippen MR) is 63.6 cm³/mol. The van der Waals surface area contributed by atoms with Crippen molar-refractivity contribution in [3.8, 4) is 0 Å². The maximum atomic E-state index is 10.0. The Balaban J connectivity index is 2.11. The van der Waals surface area contributed by atoms with Gasteiger partial charge in [-0.25, -0.2) is 9.97 Å². The van der Waals surface area contributed by atoms with Gasteiger partial charge in [-0.2, -0.15) is 5.10 Å². The molecule has 90 valence electrons. The van der Waals surface area contributed by atoms with Gasteiger partial charge in [-0.1, -0.05) is 17.7 Å². The van der Waals surface area contributed by atoms with Crippen molar-refractivity contribution in [2.75, 3.05) is 0 Å². The number of aryl methyl sites for hydroxylation is 1. The molecule has 2 heterocycles. The van der Waals surface area contributed by atoms with Gasteiger partial charge in [0.1, 0.15) is 17.3 Å². The minimum absolute atomic E-state index is 0.414. The summed E-state index contributed by atoms with van der Waals surface area (Å²) in [6.07, 6.45) is 2.83. The lowest BCUT2D eigenvalue weighted by Crippen LogP contribution is -2.09. The Labute approximate surface area is 104 Å². The van der Waals surface area contributed by atoms with E-state index < -0.39 is 6.10 Å². The fourth-order valence-electron chi connectivity index (χ4n) is 1.59. The number of pyridine rings is 1. The first-order chi connectivity index (χ1) is 8.20. The number of nitrogens with zero attached hydrogens (tertiary/aromatic N) is 4. The van der Waals surface area contributed by atoms with Crippen LogP contribution in [0.15, 0.2) is 24.7 Å². The molecule has 2 rings (SSSR count). The number of aliphatic hydroxyl groups excluding tert-OH is 1. The number of aromatic nitrogens is 4. The first-order valence-corrected chi connectivity index (χ1v) is 5.74. The van der Waals surface area contributed by atoms with E-state index in [1.165, 1.54) is 6.33 Å². The zero-order valence-electron chi connectivity index (χ0n) is 9.41. The second kappa shape index (κ2) is 5.25. The zero-order chi connectivity index (χ0) is 12.3. The zero-order valence-corrected chi connectivity index (χ0v) is 10.2. The molecule has 0 saturated heterocycles. The van der Waals surface area contributed by atoms with Crippen molar-refractivity contribution < 1.29 is 5.11 Å². The molecule has 2 aromatic heterocycles. The maximum absolute atomic E-state index is 10.0. The summed E-state index contributed by atoms with van der Waals surface area (Å²) in [5, 5.41) is 14.5. The van der Waals surface area contributed by atoms with E-state index >= 15 is 0 Å². The van der Waals surface area contributed by atoms with Crippen LogP contribution in [0.4, 0.5) is 0 Å². The van der Waals surface area contributed by atoms with Gasteiger partial charge < -0.3 is 5.11 Å². The largest absolute Gasteiger partial charge is 0.388 e. The molecule has 0 saturated carbocycles. The monoisotopic (exact) mass is 252 g/mol. The molecule has 1 atom stereocenters. The molecular formula is C11H13ClN4O. The van der Waals surface area contributed by atoms with E-state index in [9.17, 15) is 5.11 Å². The van der Waals surface area contributed by atoms with Crippen LogP contribution in [0.5, 0.6) is 0 Å². The van der Waals surface area contributed by atoms with Gasteiger partial charge in [0, 0.05) is 19.2 Å².